The summed E-state index contributed by atoms with van der Waals surface area (Å²) in [5, 5.41) is 4.30. The smallest absolute Gasteiger partial charge is 0.308 e. The van der Waals surface area contributed by atoms with Crippen molar-refractivity contribution in [3.8, 4) is 22.9 Å². The lowest BCUT2D eigenvalue weighted by molar-refractivity contribution is -0.131. The van der Waals surface area contributed by atoms with Crippen LogP contribution in [0.5, 0.6) is 11.5 Å². The Morgan fingerprint density at radius 3 is 2.58 bits per heavy atom. The Morgan fingerprint density at radius 1 is 1.16 bits per heavy atom. The van der Waals surface area contributed by atoms with Crippen molar-refractivity contribution in [1.82, 2.24) is 14.6 Å². The van der Waals surface area contributed by atoms with Crippen molar-refractivity contribution in [2.24, 2.45) is 5.73 Å². The molecule has 0 radical (unpaired) electrons. The van der Waals surface area contributed by atoms with Crippen molar-refractivity contribution in [1.29, 1.82) is 0 Å². The Hall–Kier alpha value is -4.05. The molecule has 2 aromatic carbocycles. The zero-order valence-corrected chi connectivity index (χ0v) is 17.1. The summed E-state index contributed by atoms with van der Waals surface area (Å²) >= 11 is 1.19. The van der Waals surface area contributed by atoms with Crippen LogP contribution in [0.2, 0.25) is 0 Å². The monoisotopic (exact) mass is 436 g/mol. The summed E-state index contributed by atoms with van der Waals surface area (Å²) < 4.78 is 12.1. The van der Waals surface area contributed by atoms with E-state index in [-0.39, 0.29) is 12.2 Å². The van der Waals surface area contributed by atoms with Crippen LogP contribution < -0.4 is 25.3 Å². The predicted molar refractivity (Wildman–Crippen MR) is 114 cm³/mol. The molecule has 0 fully saturated rings. The molecule has 0 saturated carbocycles. The number of ether oxygens (including phenoxy) is 2. The lowest BCUT2D eigenvalue weighted by Gasteiger charge is -2.04. The molecule has 0 unspecified atom stereocenters. The van der Waals surface area contributed by atoms with Gasteiger partial charge in [-0.15, -0.1) is 5.10 Å². The number of nitrogens with zero attached hydrogens (tertiary/aromatic N) is 3. The molecule has 4 rings (SSSR count). The molecule has 156 valence electrons. The van der Waals surface area contributed by atoms with Crippen LogP contribution >= 0.6 is 11.3 Å². The van der Waals surface area contributed by atoms with Crippen LogP contribution in [0, 0.1) is 0 Å². The number of nitrogens with two attached hydrogens (primary N) is 1. The van der Waals surface area contributed by atoms with E-state index in [9.17, 15) is 14.4 Å². The van der Waals surface area contributed by atoms with Crippen LogP contribution in [0.15, 0.2) is 53.3 Å². The Morgan fingerprint density at radius 2 is 1.90 bits per heavy atom. The van der Waals surface area contributed by atoms with Gasteiger partial charge in [-0.05, 0) is 35.9 Å². The number of aromatic nitrogens is 3. The Labute approximate surface area is 179 Å². The van der Waals surface area contributed by atoms with Gasteiger partial charge in [0.1, 0.15) is 11.5 Å². The van der Waals surface area contributed by atoms with Crippen LogP contribution in [0.25, 0.3) is 22.4 Å². The average Bonchev–Trinajstić information content (AvgIpc) is 3.27. The molecule has 0 bridgehead atoms. The number of primary amides is 1. The zero-order chi connectivity index (χ0) is 22.0. The van der Waals surface area contributed by atoms with Crippen LogP contribution in [0.1, 0.15) is 12.5 Å². The quantitative estimate of drug-likeness (QED) is 0.355. The van der Waals surface area contributed by atoms with Gasteiger partial charge >= 0.3 is 5.97 Å². The van der Waals surface area contributed by atoms with Crippen molar-refractivity contribution in [3.63, 3.8) is 0 Å². The molecular formula is C21H16N4O5S. The predicted octanol–water partition coefficient (Wildman–Crippen LogP) is 1.16. The molecule has 2 heterocycles. The number of thiazole rings is 1. The lowest BCUT2D eigenvalue weighted by Crippen LogP contribution is -2.23. The third-order valence-electron chi connectivity index (χ3n) is 4.12. The summed E-state index contributed by atoms with van der Waals surface area (Å²) in [5.41, 5.74) is 6.04. The summed E-state index contributed by atoms with van der Waals surface area (Å²) in [6.07, 6.45) is 1.72. The van der Waals surface area contributed by atoms with Gasteiger partial charge < -0.3 is 15.2 Å². The van der Waals surface area contributed by atoms with Gasteiger partial charge in [0, 0.05) is 6.92 Å². The number of fused-ring (bicyclic) bond motifs is 1. The maximum absolute atomic E-state index is 12.8. The lowest BCUT2D eigenvalue weighted by atomic mass is 10.2. The van der Waals surface area contributed by atoms with Gasteiger partial charge in [0.05, 0.1) is 10.1 Å². The van der Waals surface area contributed by atoms with E-state index < -0.39 is 11.9 Å². The molecule has 2 aromatic heterocycles. The molecule has 0 atom stereocenters. The molecular weight excluding hydrogens is 420 g/mol. The highest BCUT2D eigenvalue weighted by atomic mass is 32.1. The van der Waals surface area contributed by atoms with Gasteiger partial charge in [-0.25, -0.2) is 0 Å². The largest absolute Gasteiger partial charge is 0.484 e. The number of rotatable bonds is 6. The molecule has 10 heteroatoms. The maximum atomic E-state index is 12.8. The van der Waals surface area contributed by atoms with E-state index in [0.29, 0.717) is 32.4 Å². The molecule has 31 heavy (non-hydrogen) atoms. The van der Waals surface area contributed by atoms with Crippen molar-refractivity contribution < 1.29 is 19.1 Å². The van der Waals surface area contributed by atoms with E-state index in [2.05, 4.69) is 10.1 Å². The van der Waals surface area contributed by atoms with Gasteiger partial charge in [-0.3, -0.25) is 14.4 Å². The van der Waals surface area contributed by atoms with E-state index in [1.165, 1.54) is 22.8 Å². The SMILES string of the molecule is CC(=O)Oc1ccccc1-c1nc2s/c(=C\c3ccc(OCC(N)=O)cc3)c(=O)n2n1. The van der Waals surface area contributed by atoms with Gasteiger partial charge in [-0.2, -0.15) is 9.50 Å². The van der Waals surface area contributed by atoms with Crippen LogP contribution in [-0.2, 0) is 9.59 Å². The molecule has 0 aliphatic carbocycles. The summed E-state index contributed by atoms with van der Waals surface area (Å²) in [5.74, 6) is 0.0997. The van der Waals surface area contributed by atoms with Gasteiger partial charge in [0.15, 0.2) is 12.4 Å². The normalized spacial score (nSPS) is 11.6. The van der Waals surface area contributed by atoms with E-state index >= 15 is 0 Å². The Kier molecular flexibility index (Phi) is 5.46. The maximum Gasteiger partial charge on any atom is 0.308 e. The molecule has 2 N–H and O–H groups in total. The Bertz CT molecular complexity index is 1390. The molecule has 9 nitrogen and oxygen atoms in total. The fourth-order valence-corrected chi connectivity index (χ4v) is 3.72. The summed E-state index contributed by atoms with van der Waals surface area (Å²) in [6, 6.07) is 13.7. The van der Waals surface area contributed by atoms with Crippen molar-refractivity contribution >= 4 is 34.3 Å². The van der Waals surface area contributed by atoms with Gasteiger partial charge in [-0.1, -0.05) is 35.6 Å². The van der Waals surface area contributed by atoms with Crippen molar-refractivity contribution in [3.05, 3.63) is 69.0 Å². The third kappa shape index (κ3) is 4.43. The number of esters is 1. The van der Waals surface area contributed by atoms with Gasteiger partial charge in [0.25, 0.3) is 11.5 Å². The second-order valence-electron chi connectivity index (χ2n) is 6.46. The van der Waals surface area contributed by atoms with Crippen molar-refractivity contribution in [2.45, 2.75) is 6.92 Å². The topological polar surface area (TPSA) is 126 Å². The molecule has 0 aliphatic heterocycles. The fourth-order valence-electron chi connectivity index (χ4n) is 2.81. The number of para-hydroxylation sites is 1. The minimum atomic E-state index is -0.559. The number of hydrogen-bond donors (Lipinski definition) is 1. The first kappa shape index (κ1) is 20.2. The first-order valence-electron chi connectivity index (χ1n) is 9.11. The molecule has 0 saturated heterocycles. The fraction of sp³-hybridized carbons (Fsp3) is 0.0952. The highest BCUT2D eigenvalue weighted by Crippen LogP contribution is 2.27. The molecule has 1 amide bonds. The van der Waals surface area contributed by atoms with Crippen LogP contribution in [0.3, 0.4) is 0 Å². The Balaban J connectivity index is 1.65. The molecule has 0 spiro atoms. The van der Waals surface area contributed by atoms with E-state index in [0.717, 1.165) is 5.56 Å². The first-order chi connectivity index (χ1) is 14.9. The average molecular weight is 436 g/mol. The second-order valence-corrected chi connectivity index (χ2v) is 7.47. The highest BCUT2D eigenvalue weighted by Gasteiger charge is 2.16. The second kappa shape index (κ2) is 8.36. The molecule has 0 aliphatic rings. The number of hydrogen-bond acceptors (Lipinski definition) is 8. The zero-order valence-electron chi connectivity index (χ0n) is 16.3. The number of carbonyl (C=O) groups excluding carboxylic acids is 2. The minimum absolute atomic E-state index is 0.204. The number of carbonyl (C=O) groups is 2. The van der Waals surface area contributed by atoms with Gasteiger partial charge in [0.2, 0.25) is 4.96 Å². The van der Waals surface area contributed by atoms with Crippen LogP contribution in [0.4, 0.5) is 0 Å². The summed E-state index contributed by atoms with van der Waals surface area (Å²) in [6.45, 7) is 1.11. The minimum Gasteiger partial charge on any atom is -0.484 e. The standard InChI is InChI=1S/C21H16N4O5S/c1-12(26)30-16-5-3-2-4-15(16)19-23-21-25(24-19)20(28)17(31-21)10-13-6-8-14(9-7-13)29-11-18(22)27/h2-10H,11H2,1H3,(H2,22,27)/b17-10-. The summed E-state index contributed by atoms with van der Waals surface area (Å²) in [7, 11) is 0. The highest BCUT2D eigenvalue weighted by molar-refractivity contribution is 7.15. The number of amides is 1. The molecule has 4 aromatic rings. The number of benzene rings is 2. The summed E-state index contributed by atoms with van der Waals surface area (Å²) in [4.78, 5) is 39.7. The third-order valence-corrected chi connectivity index (χ3v) is 5.08. The van der Waals surface area contributed by atoms with Crippen LogP contribution in [-0.4, -0.2) is 33.1 Å². The van der Waals surface area contributed by atoms with E-state index in [4.69, 9.17) is 15.2 Å². The van der Waals surface area contributed by atoms with E-state index in [1.54, 1.807) is 54.6 Å². The first-order valence-corrected chi connectivity index (χ1v) is 9.92. The van der Waals surface area contributed by atoms with Crippen molar-refractivity contribution in [2.75, 3.05) is 6.61 Å². The van der Waals surface area contributed by atoms with E-state index in [1.807, 2.05) is 0 Å².